The smallest absolute Gasteiger partial charge is 0.273 e. The summed E-state index contributed by atoms with van der Waals surface area (Å²) in [6.45, 7) is 0. The molecule has 0 N–H and O–H groups in total. The van der Waals surface area contributed by atoms with Crippen LogP contribution in [0.1, 0.15) is 0 Å². The number of hydrogen-bond donors (Lipinski definition) is 0. The zero-order chi connectivity index (χ0) is 15.5. The van der Waals surface area contributed by atoms with Gasteiger partial charge in [0.2, 0.25) is 0 Å². The first kappa shape index (κ1) is 13.8. The second-order valence-electron chi connectivity index (χ2n) is 4.53. The molecule has 3 aromatic rings. The first-order valence-electron chi connectivity index (χ1n) is 6.53. The summed E-state index contributed by atoms with van der Waals surface area (Å²) in [6, 6.07) is 13.6. The van der Waals surface area contributed by atoms with Gasteiger partial charge in [-0.2, -0.15) is 0 Å². The second kappa shape index (κ2) is 5.69. The minimum Gasteiger partial charge on any atom is -0.493 e. The number of pyridine rings is 1. The van der Waals surface area contributed by atoms with Gasteiger partial charge < -0.3 is 9.47 Å². The van der Waals surface area contributed by atoms with Crippen molar-refractivity contribution in [3.63, 3.8) is 0 Å². The molecule has 0 aliphatic carbocycles. The van der Waals surface area contributed by atoms with Crippen LogP contribution in [0.25, 0.3) is 10.9 Å². The van der Waals surface area contributed by atoms with Crippen LogP contribution in [0.5, 0.6) is 17.2 Å². The van der Waals surface area contributed by atoms with Crippen molar-refractivity contribution >= 4 is 16.6 Å². The van der Waals surface area contributed by atoms with Gasteiger partial charge in [-0.05, 0) is 18.2 Å². The van der Waals surface area contributed by atoms with Crippen molar-refractivity contribution in [2.75, 3.05) is 7.11 Å². The molecule has 0 atom stereocenters. The van der Waals surface area contributed by atoms with Crippen LogP contribution < -0.4 is 9.47 Å². The lowest BCUT2D eigenvalue weighted by Crippen LogP contribution is -1.94. The number of benzene rings is 2. The van der Waals surface area contributed by atoms with Crippen LogP contribution in [0.2, 0.25) is 0 Å². The van der Waals surface area contributed by atoms with E-state index in [1.54, 1.807) is 12.3 Å². The Labute approximate surface area is 126 Å². The monoisotopic (exact) mass is 296 g/mol. The Balaban J connectivity index is 2.03. The summed E-state index contributed by atoms with van der Waals surface area (Å²) >= 11 is 0. The van der Waals surface area contributed by atoms with Gasteiger partial charge in [0.05, 0.1) is 18.1 Å². The first-order chi connectivity index (χ1) is 10.7. The van der Waals surface area contributed by atoms with Gasteiger partial charge in [-0.15, -0.1) is 0 Å². The van der Waals surface area contributed by atoms with E-state index in [0.717, 1.165) is 5.39 Å². The summed E-state index contributed by atoms with van der Waals surface area (Å²) in [7, 11) is 1.44. The summed E-state index contributed by atoms with van der Waals surface area (Å²) in [5, 5.41) is 11.8. The topological polar surface area (TPSA) is 74.5 Å². The molecule has 22 heavy (non-hydrogen) atoms. The van der Waals surface area contributed by atoms with Crippen molar-refractivity contribution in [3.05, 3.63) is 64.8 Å². The Hall–Kier alpha value is -3.15. The van der Waals surface area contributed by atoms with Crippen LogP contribution in [0.4, 0.5) is 5.69 Å². The lowest BCUT2D eigenvalue weighted by Gasteiger charge is -2.11. The summed E-state index contributed by atoms with van der Waals surface area (Å²) in [6.07, 6.45) is 1.68. The SMILES string of the molecule is COc1cc([N+](=O)[O-])ccc1Oc1cccc2cccnc12. The van der Waals surface area contributed by atoms with Crippen molar-refractivity contribution in [3.8, 4) is 17.2 Å². The number of non-ortho nitro benzene ring substituents is 1. The minimum atomic E-state index is -0.480. The van der Waals surface area contributed by atoms with E-state index in [4.69, 9.17) is 9.47 Å². The van der Waals surface area contributed by atoms with Crippen molar-refractivity contribution < 1.29 is 14.4 Å². The van der Waals surface area contributed by atoms with E-state index in [1.165, 1.54) is 25.3 Å². The highest BCUT2D eigenvalue weighted by atomic mass is 16.6. The fraction of sp³-hybridized carbons (Fsp3) is 0.0625. The molecule has 0 bridgehead atoms. The summed E-state index contributed by atoms with van der Waals surface area (Å²) in [5.74, 6) is 1.25. The summed E-state index contributed by atoms with van der Waals surface area (Å²) < 4.78 is 11.0. The molecular formula is C16H12N2O4. The van der Waals surface area contributed by atoms with E-state index in [2.05, 4.69) is 4.98 Å². The van der Waals surface area contributed by atoms with Crippen LogP contribution in [-0.4, -0.2) is 17.0 Å². The lowest BCUT2D eigenvalue weighted by atomic mass is 10.2. The number of aromatic nitrogens is 1. The number of nitrogens with zero attached hydrogens (tertiary/aromatic N) is 2. The van der Waals surface area contributed by atoms with E-state index in [-0.39, 0.29) is 5.69 Å². The molecule has 6 heteroatoms. The minimum absolute atomic E-state index is 0.0553. The molecule has 1 aromatic heterocycles. The molecule has 3 rings (SSSR count). The zero-order valence-electron chi connectivity index (χ0n) is 11.7. The molecule has 0 amide bonds. The molecule has 0 saturated carbocycles. The lowest BCUT2D eigenvalue weighted by molar-refractivity contribution is -0.384. The molecular weight excluding hydrogens is 284 g/mol. The van der Waals surface area contributed by atoms with E-state index in [9.17, 15) is 10.1 Å². The highest BCUT2D eigenvalue weighted by Crippen LogP contribution is 2.36. The quantitative estimate of drug-likeness (QED) is 0.538. The van der Waals surface area contributed by atoms with Gasteiger partial charge in [-0.25, -0.2) is 0 Å². The van der Waals surface area contributed by atoms with Crippen molar-refractivity contribution in [2.45, 2.75) is 0 Å². The zero-order valence-corrected chi connectivity index (χ0v) is 11.7. The number of para-hydroxylation sites is 1. The number of methoxy groups -OCH3 is 1. The van der Waals surface area contributed by atoms with Gasteiger partial charge in [0.15, 0.2) is 17.2 Å². The second-order valence-corrected chi connectivity index (χ2v) is 4.53. The maximum absolute atomic E-state index is 10.8. The third-order valence-electron chi connectivity index (χ3n) is 3.17. The van der Waals surface area contributed by atoms with Crippen molar-refractivity contribution in [2.24, 2.45) is 0 Å². The van der Waals surface area contributed by atoms with Crippen molar-refractivity contribution in [1.82, 2.24) is 4.98 Å². The van der Waals surface area contributed by atoms with E-state index in [0.29, 0.717) is 22.8 Å². The van der Waals surface area contributed by atoms with Gasteiger partial charge >= 0.3 is 0 Å². The van der Waals surface area contributed by atoms with Gasteiger partial charge in [-0.1, -0.05) is 18.2 Å². The Bertz CT molecular complexity index is 843. The molecule has 0 unspecified atom stereocenters. The maximum atomic E-state index is 10.8. The van der Waals surface area contributed by atoms with Crippen LogP contribution in [0, 0.1) is 10.1 Å². The number of hydrogen-bond acceptors (Lipinski definition) is 5. The third-order valence-corrected chi connectivity index (χ3v) is 3.17. The van der Waals surface area contributed by atoms with Gasteiger partial charge in [0.25, 0.3) is 5.69 Å². The highest BCUT2D eigenvalue weighted by Gasteiger charge is 2.14. The number of fused-ring (bicyclic) bond motifs is 1. The average Bonchev–Trinajstić information content (AvgIpc) is 2.55. The number of rotatable bonds is 4. The predicted octanol–water partition coefficient (Wildman–Crippen LogP) is 3.94. The van der Waals surface area contributed by atoms with Crippen LogP contribution in [0.15, 0.2) is 54.7 Å². The van der Waals surface area contributed by atoms with E-state index >= 15 is 0 Å². The maximum Gasteiger partial charge on any atom is 0.273 e. The normalized spacial score (nSPS) is 10.4. The van der Waals surface area contributed by atoms with E-state index in [1.807, 2.05) is 24.3 Å². The first-order valence-corrected chi connectivity index (χ1v) is 6.53. The van der Waals surface area contributed by atoms with Crippen LogP contribution in [-0.2, 0) is 0 Å². The molecule has 2 aromatic carbocycles. The average molecular weight is 296 g/mol. The Morgan fingerprint density at radius 2 is 1.86 bits per heavy atom. The Morgan fingerprint density at radius 1 is 1.05 bits per heavy atom. The molecule has 110 valence electrons. The standard InChI is InChI=1S/C16H12N2O4/c1-21-15-10-12(18(19)20)7-8-13(15)22-14-6-2-4-11-5-3-9-17-16(11)14/h2-10H,1H3. The van der Waals surface area contributed by atoms with Crippen LogP contribution in [0.3, 0.4) is 0 Å². The van der Waals surface area contributed by atoms with E-state index < -0.39 is 4.92 Å². The summed E-state index contributed by atoms with van der Waals surface area (Å²) in [4.78, 5) is 14.6. The van der Waals surface area contributed by atoms with Crippen molar-refractivity contribution in [1.29, 1.82) is 0 Å². The van der Waals surface area contributed by atoms with Crippen LogP contribution >= 0.6 is 0 Å². The third kappa shape index (κ3) is 2.54. The molecule has 0 aliphatic rings. The molecule has 0 saturated heterocycles. The predicted molar refractivity (Wildman–Crippen MR) is 81.5 cm³/mol. The molecule has 0 spiro atoms. The fourth-order valence-corrected chi connectivity index (χ4v) is 2.13. The molecule has 6 nitrogen and oxygen atoms in total. The van der Waals surface area contributed by atoms with Gasteiger partial charge in [-0.3, -0.25) is 15.1 Å². The highest BCUT2D eigenvalue weighted by molar-refractivity contribution is 5.84. The number of nitro groups is 1. The number of ether oxygens (including phenoxy) is 2. The molecule has 1 heterocycles. The molecule has 0 radical (unpaired) electrons. The molecule has 0 fully saturated rings. The number of nitro benzene ring substituents is 1. The van der Waals surface area contributed by atoms with Gasteiger partial charge in [0, 0.05) is 17.6 Å². The summed E-state index contributed by atoms with van der Waals surface area (Å²) in [5.41, 5.74) is 0.658. The van der Waals surface area contributed by atoms with Gasteiger partial charge in [0.1, 0.15) is 5.52 Å². The fourth-order valence-electron chi connectivity index (χ4n) is 2.13. The Kier molecular flexibility index (Phi) is 3.57. The largest absolute Gasteiger partial charge is 0.493 e. The Morgan fingerprint density at radius 3 is 2.64 bits per heavy atom. The molecule has 0 aliphatic heterocycles.